The van der Waals surface area contributed by atoms with Crippen molar-refractivity contribution in [1.82, 2.24) is 9.80 Å². The minimum atomic E-state index is -0.197. The van der Waals surface area contributed by atoms with Crippen LogP contribution in [0.5, 0.6) is 5.75 Å². The molecule has 7 nitrogen and oxygen atoms in total. The summed E-state index contributed by atoms with van der Waals surface area (Å²) in [6, 6.07) is 13.7. The zero-order chi connectivity index (χ0) is 22.1. The van der Waals surface area contributed by atoms with E-state index in [2.05, 4.69) is 15.9 Å². The highest BCUT2D eigenvalue weighted by Crippen LogP contribution is 2.33. The third kappa shape index (κ3) is 3.87. The molecule has 0 N–H and O–H groups in total. The summed E-state index contributed by atoms with van der Waals surface area (Å²) in [6.07, 6.45) is 1.84. The number of anilines is 1. The lowest BCUT2D eigenvalue weighted by molar-refractivity contribution is 0.0475. The predicted octanol–water partition coefficient (Wildman–Crippen LogP) is 2.79. The zero-order valence-electron chi connectivity index (χ0n) is 18.5. The average molecular weight is 436 g/mol. The van der Waals surface area contributed by atoms with Crippen molar-refractivity contribution in [3.8, 4) is 5.75 Å². The van der Waals surface area contributed by atoms with E-state index in [0.29, 0.717) is 24.3 Å². The molecule has 2 aromatic carbocycles. The van der Waals surface area contributed by atoms with Crippen LogP contribution in [0.25, 0.3) is 0 Å². The first-order chi connectivity index (χ1) is 15.7. The SMILES string of the molecule is COc1ccccc1CN1CCN(c2cccc3c2C(=O)N(CC2CCCO2)C3=O)CC1. The first kappa shape index (κ1) is 21.0. The van der Waals surface area contributed by atoms with Gasteiger partial charge in [0.05, 0.1) is 36.6 Å². The lowest BCUT2D eigenvalue weighted by atomic mass is 10.1. The number of fused-ring (bicyclic) bond motifs is 1. The number of methoxy groups -OCH3 is 1. The van der Waals surface area contributed by atoms with Crippen LogP contribution in [0.3, 0.4) is 0 Å². The van der Waals surface area contributed by atoms with E-state index in [0.717, 1.165) is 57.0 Å². The number of piperazine rings is 1. The number of imide groups is 1. The summed E-state index contributed by atoms with van der Waals surface area (Å²) in [6.45, 7) is 5.25. The molecule has 3 heterocycles. The maximum absolute atomic E-state index is 13.2. The maximum atomic E-state index is 13.2. The van der Waals surface area contributed by atoms with Crippen LogP contribution in [0.4, 0.5) is 5.69 Å². The van der Waals surface area contributed by atoms with E-state index in [1.165, 1.54) is 10.5 Å². The summed E-state index contributed by atoms with van der Waals surface area (Å²) in [5, 5.41) is 0. The quantitative estimate of drug-likeness (QED) is 0.651. The molecule has 2 amide bonds. The number of carbonyl (C=O) groups is 2. The Balaban J connectivity index is 1.28. The second-order valence-electron chi connectivity index (χ2n) is 8.63. The van der Waals surface area contributed by atoms with Crippen LogP contribution in [0.1, 0.15) is 39.1 Å². The van der Waals surface area contributed by atoms with Gasteiger partial charge in [-0.15, -0.1) is 0 Å². The van der Waals surface area contributed by atoms with Crippen LogP contribution in [0, 0.1) is 0 Å². The fourth-order valence-electron chi connectivity index (χ4n) is 4.96. The number of amides is 2. The van der Waals surface area contributed by atoms with Gasteiger partial charge >= 0.3 is 0 Å². The van der Waals surface area contributed by atoms with Gasteiger partial charge in [-0.3, -0.25) is 19.4 Å². The Kier molecular flexibility index (Phi) is 5.85. The first-order valence-corrected chi connectivity index (χ1v) is 11.4. The van der Waals surface area contributed by atoms with Crippen molar-refractivity contribution in [2.24, 2.45) is 0 Å². The summed E-state index contributed by atoms with van der Waals surface area (Å²) in [4.78, 5) is 32.2. The third-order valence-electron chi connectivity index (χ3n) is 6.69. The number of ether oxygens (including phenoxy) is 2. The second kappa shape index (κ2) is 8.92. The molecule has 2 aromatic rings. The van der Waals surface area contributed by atoms with Crippen molar-refractivity contribution >= 4 is 17.5 Å². The molecule has 7 heteroatoms. The molecule has 0 saturated carbocycles. The molecule has 3 aliphatic rings. The largest absolute Gasteiger partial charge is 0.496 e. The lowest BCUT2D eigenvalue weighted by Crippen LogP contribution is -2.46. The van der Waals surface area contributed by atoms with Crippen molar-refractivity contribution in [3.63, 3.8) is 0 Å². The zero-order valence-corrected chi connectivity index (χ0v) is 18.5. The summed E-state index contributed by atoms with van der Waals surface area (Å²) in [7, 11) is 1.70. The molecule has 0 spiro atoms. The van der Waals surface area contributed by atoms with Gasteiger partial charge in [-0.1, -0.05) is 24.3 Å². The smallest absolute Gasteiger partial charge is 0.263 e. The summed E-state index contributed by atoms with van der Waals surface area (Å²) in [5.74, 6) is 0.524. The molecule has 5 rings (SSSR count). The Morgan fingerprint density at radius 2 is 1.81 bits per heavy atom. The van der Waals surface area contributed by atoms with Gasteiger partial charge < -0.3 is 14.4 Å². The van der Waals surface area contributed by atoms with E-state index in [9.17, 15) is 9.59 Å². The fourth-order valence-corrected chi connectivity index (χ4v) is 4.96. The first-order valence-electron chi connectivity index (χ1n) is 11.4. The molecule has 0 aliphatic carbocycles. The topological polar surface area (TPSA) is 62.3 Å². The van der Waals surface area contributed by atoms with Crippen molar-refractivity contribution in [1.29, 1.82) is 0 Å². The molecule has 1 atom stereocenters. The van der Waals surface area contributed by atoms with E-state index in [1.807, 2.05) is 30.3 Å². The fraction of sp³-hybridized carbons (Fsp3) is 0.440. The minimum Gasteiger partial charge on any atom is -0.496 e. The number of nitrogens with zero attached hydrogens (tertiary/aromatic N) is 3. The molecular weight excluding hydrogens is 406 g/mol. The summed E-state index contributed by atoms with van der Waals surface area (Å²) < 4.78 is 11.2. The minimum absolute atomic E-state index is 0.0424. The van der Waals surface area contributed by atoms with Gasteiger partial charge in [-0.05, 0) is 31.0 Å². The van der Waals surface area contributed by atoms with Gasteiger partial charge in [0.2, 0.25) is 0 Å². The molecular formula is C25H29N3O4. The molecule has 3 aliphatic heterocycles. The van der Waals surface area contributed by atoms with Crippen molar-refractivity contribution in [2.75, 3.05) is 51.3 Å². The number of hydrogen-bond donors (Lipinski definition) is 0. The van der Waals surface area contributed by atoms with Crippen LogP contribution >= 0.6 is 0 Å². The van der Waals surface area contributed by atoms with E-state index in [-0.39, 0.29) is 17.9 Å². The van der Waals surface area contributed by atoms with Crippen LogP contribution in [-0.2, 0) is 11.3 Å². The van der Waals surface area contributed by atoms with Gasteiger partial charge in [0, 0.05) is 44.9 Å². The average Bonchev–Trinajstić information content (AvgIpc) is 3.43. The van der Waals surface area contributed by atoms with Crippen LogP contribution in [-0.4, -0.2) is 74.2 Å². The van der Waals surface area contributed by atoms with E-state index < -0.39 is 0 Å². The van der Waals surface area contributed by atoms with Crippen LogP contribution < -0.4 is 9.64 Å². The lowest BCUT2D eigenvalue weighted by Gasteiger charge is -2.37. The number of rotatable bonds is 6. The molecule has 0 bridgehead atoms. The Hall–Kier alpha value is -2.90. The van der Waals surface area contributed by atoms with E-state index >= 15 is 0 Å². The standard InChI is InChI=1S/C25H29N3O4/c1-31-22-10-3-2-6-18(22)16-26-11-13-27(14-12-26)21-9-4-8-20-23(21)25(30)28(24(20)29)17-19-7-5-15-32-19/h2-4,6,8-10,19H,5,7,11-17H2,1H3. The molecule has 0 radical (unpaired) electrons. The van der Waals surface area contributed by atoms with E-state index in [1.54, 1.807) is 13.2 Å². The van der Waals surface area contributed by atoms with Gasteiger partial charge in [-0.2, -0.15) is 0 Å². The van der Waals surface area contributed by atoms with Gasteiger partial charge in [0.1, 0.15) is 5.75 Å². The van der Waals surface area contributed by atoms with E-state index in [4.69, 9.17) is 9.47 Å². The van der Waals surface area contributed by atoms with Crippen LogP contribution in [0.15, 0.2) is 42.5 Å². The molecule has 168 valence electrons. The van der Waals surface area contributed by atoms with Gasteiger partial charge in [0.15, 0.2) is 0 Å². The Labute approximate surface area is 188 Å². The summed E-state index contributed by atoms with van der Waals surface area (Å²) >= 11 is 0. The van der Waals surface area contributed by atoms with Crippen molar-refractivity contribution < 1.29 is 19.1 Å². The highest BCUT2D eigenvalue weighted by Gasteiger charge is 2.40. The predicted molar refractivity (Wildman–Crippen MR) is 121 cm³/mol. The Morgan fingerprint density at radius 1 is 1.00 bits per heavy atom. The van der Waals surface area contributed by atoms with Crippen molar-refractivity contribution in [3.05, 3.63) is 59.2 Å². The Bertz CT molecular complexity index is 1010. The summed E-state index contributed by atoms with van der Waals surface area (Å²) in [5.41, 5.74) is 3.11. The Morgan fingerprint density at radius 3 is 2.56 bits per heavy atom. The number of benzene rings is 2. The molecule has 1 unspecified atom stereocenters. The second-order valence-corrected chi connectivity index (χ2v) is 8.63. The molecule has 2 fully saturated rings. The molecule has 32 heavy (non-hydrogen) atoms. The van der Waals surface area contributed by atoms with Crippen LogP contribution in [0.2, 0.25) is 0 Å². The monoisotopic (exact) mass is 435 g/mol. The number of carbonyl (C=O) groups excluding carboxylic acids is 2. The molecule has 2 saturated heterocycles. The number of hydrogen-bond acceptors (Lipinski definition) is 6. The normalized spacial score (nSPS) is 21.3. The number of para-hydroxylation sites is 1. The third-order valence-corrected chi connectivity index (χ3v) is 6.69. The van der Waals surface area contributed by atoms with Gasteiger partial charge in [-0.25, -0.2) is 0 Å². The highest BCUT2D eigenvalue weighted by atomic mass is 16.5. The van der Waals surface area contributed by atoms with Crippen molar-refractivity contribution in [2.45, 2.75) is 25.5 Å². The van der Waals surface area contributed by atoms with Gasteiger partial charge in [0.25, 0.3) is 11.8 Å². The molecule has 0 aromatic heterocycles. The maximum Gasteiger partial charge on any atom is 0.263 e. The highest BCUT2D eigenvalue weighted by molar-refractivity contribution is 6.23.